The maximum absolute atomic E-state index is 5.16. The van der Waals surface area contributed by atoms with Crippen molar-refractivity contribution in [3.8, 4) is 56.2 Å². The Morgan fingerprint density at radius 2 is 0.827 bits per heavy atom. The topological polar surface area (TPSA) is 38.7 Å². The van der Waals surface area contributed by atoms with Crippen LogP contribution in [0.2, 0.25) is 0 Å². The van der Waals surface area contributed by atoms with E-state index in [4.69, 9.17) is 9.97 Å². The van der Waals surface area contributed by atoms with Gasteiger partial charge < -0.3 is 0 Å². The number of aromatic nitrogens is 3. The van der Waals surface area contributed by atoms with Crippen molar-refractivity contribution in [1.82, 2.24) is 15.0 Å². The van der Waals surface area contributed by atoms with Crippen molar-refractivity contribution >= 4 is 43.1 Å². The second kappa shape index (κ2) is 12.4. The first-order chi connectivity index (χ1) is 25.8. The van der Waals surface area contributed by atoms with Gasteiger partial charge in [-0.2, -0.15) is 0 Å². The normalized spacial score (nSPS) is 11.5. The van der Waals surface area contributed by atoms with Crippen molar-refractivity contribution in [2.45, 2.75) is 0 Å². The highest BCUT2D eigenvalue weighted by atomic mass is 14.9. The van der Waals surface area contributed by atoms with Crippen LogP contribution in [0.15, 0.2) is 188 Å². The Bertz CT molecular complexity index is 2930. The molecule has 10 rings (SSSR count). The molecule has 3 heteroatoms. The van der Waals surface area contributed by atoms with E-state index in [2.05, 4.69) is 169 Å². The van der Waals surface area contributed by atoms with Gasteiger partial charge in [-0.05, 0) is 84.0 Å². The van der Waals surface area contributed by atoms with Crippen LogP contribution in [0, 0.1) is 0 Å². The SMILES string of the molecule is c1ccc(-c2cc(-c3ccc(-c4cc5c6ccccc6c6ccccc6c5c5ccccc45)cc3)nc(-c3cccc(-c4cccnc4)c3)n2)cc1. The monoisotopic (exact) mass is 661 g/mol. The standard InChI is InChI=1S/C49H31N3/c1-2-12-33(13-3-1)46-30-47(52-49(51-46)36-15-10-14-35(28-36)37-16-11-27-50-31-37)34-25-23-32(24-26-34)44-29-45-40-19-5-4-17-38(40)39-18-6-8-21-42(39)48(45)43-22-9-7-20-41(43)44/h1-31H. The lowest BCUT2D eigenvalue weighted by Crippen LogP contribution is -1.96. The molecule has 2 heterocycles. The third-order valence-corrected chi connectivity index (χ3v) is 10.2. The maximum Gasteiger partial charge on any atom is 0.160 e. The summed E-state index contributed by atoms with van der Waals surface area (Å²) in [6.07, 6.45) is 3.68. The molecule has 0 N–H and O–H groups in total. The predicted octanol–water partition coefficient (Wildman–Crippen LogP) is 12.8. The van der Waals surface area contributed by atoms with Gasteiger partial charge >= 0.3 is 0 Å². The van der Waals surface area contributed by atoms with Gasteiger partial charge in [0.2, 0.25) is 0 Å². The molecule has 0 bridgehead atoms. The van der Waals surface area contributed by atoms with Gasteiger partial charge in [0.05, 0.1) is 11.4 Å². The summed E-state index contributed by atoms with van der Waals surface area (Å²) in [6, 6.07) is 62.5. The first-order valence-electron chi connectivity index (χ1n) is 17.6. The van der Waals surface area contributed by atoms with Gasteiger partial charge in [-0.25, -0.2) is 9.97 Å². The van der Waals surface area contributed by atoms with Gasteiger partial charge in [0, 0.05) is 34.6 Å². The molecule has 0 atom stereocenters. The molecule has 10 aromatic rings. The van der Waals surface area contributed by atoms with Crippen LogP contribution < -0.4 is 0 Å². The van der Waals surface area contributed by atoms with E-state index in [0.717, 1.165) is 39.2 Å². The van der Waals surface area contributed by atoms with Crippen molar-refractivity contribution in [3.05, 3.63) is 188 Å². The molecule has 0 unspecified atom stereocenters. The molecule has 3 nitrogen and oxygen atoms in total. The van der Waals surface area contributed by atoms with E-state index < -0.39 is 0 Å². The van der Waals surface area contributed by atoms with E-state index in [1.54, 1.807) is 6.20 Å². The van der Waals surface area contributed by atoms with E-state index in [1.165, 1.54) is 54.2 Å². The minimum Gasteiger partial charge on any atom is -0.264 e. The summed E-state index contributed by atoms with van der Waals surface area (Å²) in [4.78, 5) is 14.6. The zero-order valence-electron chi connectivity index (χ0n) is 28.2. The van der Waals surface area contributed by atoms with E-state index >= 15 is 0 Å². The third kappa shape index (κ3) is 5.10. The van der Waals surface area contributed by atoms with E-state index in [0.29, 0.717) is 5.82 Å². The van der Waals surface area contributed by atoms with Crippen LogP contribution in [-0.4, -0.2) is 15.0 Å². The minimum atomic E-state index is 0.686. The molecular weight excluding hydrogens is 631 g/mol. The lowest BCUT2D eigenvalue weighted by Gasteiger charge is -2.16. The molecule has 0 aliphatic rings. The second-order valence-electron chi connectivity index (χ2n) is 13.2. The molecule has 0 fully saturated rings. The number of fused-ring (bicyclic) bond motifs is 8. The Morgan fingerprint density at radius 1 is 0.308 bits per heavy atom. The summed E-state index contributed by atoms with van der Waals surface area (Å²) in [5.41, 5.74) is 9.33. The van der Waals surface area contributed by atoms with Crippen molar-refractivity contribution in [1.29, 1.82) is 0 Å². The van der Waals surface area contributed by atoms with Gasteiger partial charge in [-0.1, -0.05) is 152 Å². The molecule has 0 spiro atoms. The highest BCUT2D eigenvalue weighted by Crippen LogP contribution is 2.43. The molecule has 0 saturated carbocycles. The molecular formula is C49H31N3. The third-order valence-electron chi connectivity index (χ3n) is 10.2. The number of hydrogen-bond acceptors (Lipinski definition) is 3. The molecule has 0 aliphatic heterocycles. The van der Waals surface area contributed by atoms with Crippen LogP contribution in [0.25, 0.3) is 99.2 Å². The summed E-state index contributed by atoms with van der Waals surface area (Å²) in [5, 5.41) is 10.2. The fraction of sp³-hybridized carbons (Fsp3) is 0. The second-order valence-corrected chi connectivity index (χ2v) is 13.2. The fourth-order valence-electron chi connectivity index (χ4n) is 7.68. The van der Waals surface area contributed by atoms with Crippen LogP contribution in [0.4, 0.5) is 0 Å². The average molecular weight is 662 g/mol. The van der Waals surface area contributed by atoms with Crippen LogP contribution >= 0.6 is 0 Å². The number of benzene rings is 8. The molecule has 0 radical (unpaired) electrons. The number of hydrogen-bond donors (Lipinski definition) is 0. The largest absolute Gasteiger partial charge is 0.264 e. The average Bonchev–Trinajstić information content (AvgIpc) is 3.24. The number of rotatable bonds is 5. The predicted molar refractivity (Wildman–Crippen MR) is 217 cm³/mol. The maximum atomic E-state index is 5.16. The first-order valence-corrected chi connectivity index (χ1v) is 17.6. The van der Waals surface area contributed by atoms with Crippen LogP contribution in [-0.2, 0) is 0 Å². The minimum absolute atomic E-state index is 0.686. The summed E-state index contributed by atoms with van der Waals surface area (Å²) in [7, 11) is 0. The molecule has 8 aromatic carbocycles. The van der Waals surface area contributed by atoms with Crippen LogP contribution in [0.3, 0.4) is 0 Å². The lowest BCUT2D eigenvalue weighted by molar-refractivity contribution is 1.18. The summed E-state index contributed by atoms with van der Waals surface area (Å²) >= 11 is 0. The molecule has 0 amide bonds. The van der Waals surface area contributed by atoms with E-state index in [1.807, 2.05) is 18.3 Å². The van der Waals surface area contributed by atoms with Gasteiger partial charge in [0.1, 0.15) is 0 Å². The van der Waals surface area contributed by atoms with Gasteiger partial charge in [-0.3, -0.25) is 4.98 Å². The van der Waals surface area contributed by atoms with E-state index in [9.17, 15) is 0 Å². The lowest BCUT2D eigenvalue weighted by atomic mass is 9.87. The first kappa shape index (κ1) is 29.9. The smallest absolute Gasteiger partial charge is 0.160 e. The molecule has 52 heavy (non-hydrogen) atoms. The molecule has 0 aliphatic carbocycles. The van der Waals surface area contributed by atoms with Crippen LogP contribution in [0.1, 0.15) is 0 Å². The summed E-state index contributed by atoms with van der Waals surface area (Å²) < 4.78 is 0. The Labute approximate surface area is 301 Å². The van der Waals surface area contributed by atoms with E-state index in [-0.39, 0.29) is 0 Å². The zero-order valence-corrected chi connectivity index (χ0v) is 28.2. The molecule has 242 valence electrons. The van der Waals surface area contributed by atoms with Gasteiger partial charge in [0.15, 0.2) is 5.82 Å². The molecule has 0 saturated heterocycles. The fourth-order valence-corrected chi connectivity index (χ4v) is 7.68. The Kier molecular flexibility index (Phi) is 7.14. The van der Waals surface area contributed by atoms with Crippen molar-refractivity contribution < 1.29 is 0 Å². The van der Waals surface area contributed by atoms with Crippen LogP contribution in [0.5, 0.6) is 0 Å². The number of nitrogens with zero attached hydrogens (tertiary/aromatic N) is 3. The Balaban J connectivity index is 1.13. The quantitative estimate of drug-likeness (QED) is 0.172. The summed E-state index contributed by atoms with van der Waals surface area (Å²) in [5.74, 6) is 0.686. The van der Waals surface area contributed by atoms with Gasteiger partial charge in [-0.15, -0.1) is 0 Å². The van der Waals surface area contributed by atoms with Crippen molar-refractivity contribution in [2.75, 3.05) is 0 Å². The van der Waals surface area contributed by atoms with Gasteiger partial charge in [0.25, 0.3) is 0 Å². The summed E-state index contributed by atoms with van der Waals surface area (Å²) in [6.45, 7) is 0. The van der Waals surface area contributed by atoms with Crippen molar-refractivity contribution in [2.24, 2.45) is 0 Å². The molecule has 2 aromatic heterocycles. The Hall–Kier alpha value is -6.97. The number of pyridine rings is 1. The highest BCUT2D eigenvalue weighted by Gasteiger charge is 2.16. The highest BCUT2D eigenvalue weighted by molar-refractivity contribution is 6.33. The zero-order chi connectivity index (χ0) is 34.4. The Morgan fingerprint density at radius 3 is 1.52 bits per heavy atom. The van der Waals surface area contributed by atoms with Crippen molar-refractivity contribution in [3.63, 3.8) is 0 Å².